The molecule has 0 spiro atoms. The van der Waals surface area contributed by atoms with Gasteiger partial charge in [0.2, 0.25) is 5.91 Å². The lowest BCUT2D eigenvalue weighted by atomic mass is 9.68. The minimum absolute atomic E-state index is 0.154. The van der Waals surface area contributed by atoms with Gasteiger partial charge in [-0.05, 0) is 30.7 Å². The Hall–Kier alpha value is -1.35. The molecule has 1 aliphatic carbocycles. The molecule has 0 saturated heterocycles. The van der Waals surface area contributed by atoms with E-state index in [1.165, 1.54) is 5.56 Å². The molecule has 1 fully saturated rings. The molecule has 1 aromatic carbocycles. The maximum Gasteiger partial charge on any atom is 0.227 e. The van der Waals surface area contributed by atoms with Gasteiger partial charge in [0.25, 0.3) is 0 Å². The highest BCUT2D eigenvalue weighted by Gasteiger charge is 2.42. The maximum absolute atomic E-state index is 12.1. The number of nitrogens with one attached hydrogen (secondary N) is 1. The molecule has 3 heteroatoms. The summed E-state index contributed by atoms with van der Waals surface area (Å²) in [6, 6.07) is 10.4. The Morgan fingerprint density at radius 3 is 2.58 bits per heavy atom. The second-order valence-electron chi connectivity index (χ2n) is 5.69. The number of hydrogen-bond donors (Lipinski definition) is 2. The molecule has 19 heavy (non-hydrogen) atoms. The molecule has 1 aliphatic rings. The zero-order chi connectivity index (χ0) is 13.7. The molecular weight excluding hydrogens is 236 g/mol. The number of carbonyl (C=O) groups is 1. The molecule has 0 radical (unpaired) electrons. The van der Waals surface area contributed by atoms with Gasteiger partial charge >= 0.3 is 0 Å². The van der Waals surface area contributed by atoms with Crippen molar-refractivity contribution >= 4 is 5.91 Å². The van der Waals surface area contributed by atoms with Gasteiger partial charge in [0, 0.05) is 13.1 Å². The van der Waals surface area contributed by atoms with Crippen LogP contribution in [0.15, 0.2) is 30.3 Å². The van der Waals surface area contributed by atoms with Crippen molar-refractivity contribution in [3.8, 4) is 0 Å². The third-order valence-electron chi connectivity index (χ3n) is 4.41. The molecule has 2 rings (SSSR count). The minimum Gasteiger partial charge on any atom is -0.356 e. The van der Waals surface area contributed by atoms with Crippen molar-refractivity contribution in [1.29, 1.82) is 0 Å². The number of rotatable bonds is 6. The first-order valence-corrected chi connectivity index (χ1v) is 7.21. The third-order valence-corrected chi connectivity index (χ3v) is 4.41. The van der Waals surface area contributed by atoms with Crippen LogP contribution >= 0.6 is 0 Å². The Kier molecular flexibility index (Phi) is 4.59. The molecule has 0 bridgehead atoms. The molecule has 0 aromatic heterocycles. The summed E-state index contributed by atoms with van der Waals surface area (Å²) in [7, 11) is 0. The van der Waals surface area contributed by atoms with E-state index in [2.05, 4.69) is 36.5 Å². The summed E-state index contributed by atoms with van der Waals surface area (Å²) in [5, 5.41) is 3.06. The topological polar surface area (TPSA) is 55.1 Å². The van der Waals surface area contributed by atoms with Crippen LogP contribution in [-0.4, -0.2) is 19.0 Å². The highest BCUT2D eigenvalue weighted by atomic mass is 16.2. The normalized spacial score (nSPS) is 18.4. The van der Waals surface area contributed by atoms with Crippen LogP contribution in [0.5, 0.6) is 0 Å². The van der Waals surface area contributed by atoms with E-state index in [4.69, 9.17) is 5.73 Å². The molecule has 3 nitrogen and oxygen atoms in total. The lowest BCUT2D eigenvalue weighted by Crippen LogP contribution is -2.50. The standard InChI is InChI=1S/C16H24N2O/c1-13(14-6-3-2-4-7-14)8-11-18-15(19)16(12-17)9-5-10-16/h2-4,6-7,13H,5,8-12,17H2,1H3,(H,18,19). The Bertz CT molecular complexity index is 407. The quantitative estimate of drug-likeness (QED) is 0.825. The van der Waals surface area contributed by atoms with Gasteiger partial charge in [0.05, 0.1) is 5.41 Å². The van der Waals surface area contributed by atoms with E-state index >= 15 is 0 Å². The van der Waals surface area contributed by atoms with Gasteiger partial charge in [-0.1, -0.05) is 43.7 Å². The second-order valence-corrected chi connectivity index (χ2v) is 5.69. The molecule has 1 unspecified atom stereocenters. The van der Waals surface area contributed by atoms with Crippen molar-refractivity contribution in [2.75, 3.05) is 13.1 Å². The van der Waals surface area contributed by atoms with E-state index in [9.17, 15) is 4.79 Å². The van der Waals surface area contributed by atoms with Gasteiger partial charge in [-0.25, -0.2) is 0 Å². The van der Waals surface area contributed by atoms with Crippen molar-refractivity contribution in [2.24, 2.45) is 11.1 Å². The van der Waals surface area contributed by atoms with Gasteiger partial charge in [-0.15, -0.1) is 0 Å². The van der Waals surface area contributed by atoms with Crippen LogP contribution in [0.2, 0.25) is 0 Å². The van der Waals surface area contributed by atoms with E-state index in [1.54, 1.807) is 0 Å². The molecule has 3 N–H and O–H groups in total. The largest absolute Gasteiger partial charge is 0.356 e. The van der Waals surface area contributed by atoms with E-state index in [1.807, 2.05) is 6.07 Å². The van der Waals surface area contributed by atoms with Crippen molar-refractivity contribution in [3.05, 3.63) is 35.9 Å². The lowest BCUT2D eigenvalue weighted by Gasteiger charge is -2.39. The summed E-state index contributed by atoms with van der Waals surface area (Å²) < 4.78 is 0. The van der Waals surface area contributed by atoms with Crippen LogP contribution in [0.25, 0.3) is 0 Å². The highest BCUT2D eigenvalue weighted by molar-refractivity contribution is 5.83. The van der Waals surface area contributed by atoms with E-state index < -0.39 is 0 Å². The molecule has 0 heterocycles. The summed E-state index contributed by atoms with van der Waals surface area (Å²) in [5.74, 6) is 0.623. The average Bonchev–Trinajstić information content (AvgIpc) is 2.39. The first-order valence-electron chi connectivity index (χ1n) is 7.21. The zero-order valence-electron chi connectivity index (χ0n) is 11.7. The molecule has 1 saturated carbocycles. The Labute approximate surface area is 115 Å². The molecule has 104 valence electrons. The van der Waals surface area contributed by atoms with Gasteiger partial charge < -0.3 is 11.1 Å². The Morgan fingerprint density at radius 1 is 1.37 bits per heavy atom. The Morgan fingerprint density at radius 2 is 2.05 bits per heavy atom. The fraction of sp³-hybridized carbons (Fsp3) is 0.562. The highest BCUT2D eigenvalue weighted by Crippen LogP contribution is 2.39. The van der Waals surface area contributed by atoms with Crippen LogP contribution < -0.4 is 11.1 Å². The van der Waals surface area contributed by atoms with Gasteiger partial charge in [0.1, 0.15) is 0 Å². The number of hydrogen-bond acceptors (Lipinski definition) is 2. The predicted octanol–water partition coefficient (Wildman–Crippen LogP) is 2.43. The summed E-state index contributed by atoms with van der Waals surface area (Å²) in [6.07, 6.45) is 3.99. The first-order chi connectivity index (χ1) is 9.18. The second kappa shape index (κ2) is 6.20. The summed E-state index contributed by atoms with van der Waals surface area (Å²) >= 11 is 0. The first kappa shape index (κ1) is 14.1. The van der Waals surface area contributed by atoms with E-state index in [0.29, 0.717) is 12.5 Å². The van der Waals surface area contributed by atoms with Crippen LogP contribution in [0, 0.1) is 5.41 Å². The van der Waals surface area contributed by atoms with Crippen molar-refractivity contribution < 1.29 is 4.79 Å². The minimum atomic E-state index is -0.254. The monoisotopic (exact) mass is 260 g/mol. The number of benzene rings is 1. The summed E-state index contributed by atoms with van der Waals surface area (Å²) in [4.78, 5) is 12.1. The predicted molar refractivity (Wildman–Crippen MR) is 77.8 cm³/mol. The van der Waals surface area contributed by atoms with Crippen molar-refractivity contribution in [3.63, 3.8) is 0 Å². The van der Waals surface area contributed by atoms with Crippen molar-refractivity contribution in [2.45, 2.75) is 38.5 Å². The van der Waals surface area contributed by atoms with Crippen molar-refractivity contribution in [1.82, 2.24) is 5.32 Å². The van der Waals surface area contributed by atoms with E-state index in [0.717, 1.165) is 32.2 Å². The molecule has 1 atom stereocenters. The van der Waals surface area contributed by atoms with Crippen LogP contribution in [0.4, 0.5) is 0 Å². The Balaban J connectivity index is 1.76. The lowest BCUT2D eigenvalue weighted by molar-refractivity contribution is -0.135. The molecule has 1 amide bonds. The molecule has 0 aliphatic heterocycles. The molecular formula is C16H24N2O. The maximum atomic E-state index is 12.1. The third kappa shape index (κ3) is 3.16. The molecule has 1 aromatic rings. The van der Waals surface area contributed by atoms with E-state index in [-0.39, 0.29) is 11.3 Å². The number of nitrogens with two attached hydrogens (primary N) is 1. The zero-order valence-corrected chi connectivity index (χ0v) is 11.7. The summed E-state index contributed by atoms with van der Waals surface area (Å²) in [5.41, 5.74) is 6.81. The van der Waals surface area contributed by atoms with Gasteiger partial charge in [0.15, 0.2) is 0 Å². The smallest absolute Gasteiger partial charge is 0.227 e. The SMILES string of the molecule is CC(CCNC(=O)C1(CN)CCC1)c1ccccc1. The van der Waals surface area contributed by atoms with Crippen LogP contribution in [-0.2, 0) is 4.79 Å². The average molecular weight is 260 g/mol. The number of carbonyl (C=O) groups excluding carboxylic acids is 1. The fourth-order valence-corrected chi connectivity index (χ4v) is 2.67. The van der Waals surface area contributed by atoms with Crippen LogP contribution in [0.3, 0.4) is 0 Å². The van der Waals surface area contributed by atoms with Gasteiger partial charge in [-0.3, -0.25) is 4.79 Å². The van der Waals surface area contributed by atoms with Crippen LogP contribution in [0.1, 0.15) is 44.1 Å². The van der Waals surface area contributed by atoms with Gasteiger partial charge in [-0.2, -0.15) is 0 Å². The number of amides is 1. The summed E-state index contributed by atoms with van der Waals surface area (Å²) in [6.45, 7) is 3.41. The fourth-order valence-electron chi connectivity index (χ4n) is 2.67.